The predicted molar refractivity (Wildman–Crippen MR) is 68.4 cm³/mol. The Morgan fingerprint density at radius 1 is 1.37 bits per heavy atom. The van der Waals surface area contributed by atoms with E-state index < -0.39 is 32.2 Å². The van der Waals surface area contributed by atoms with Crippen molar-refractivity contribution in [2.75, 3.05) is 13.7 Å². The predicted octanol–water partition coefficient (Wildman–Crippen LogP) is -1.91. The highest BCUT2D eigenvalue weighted by molar-refractivity contribution is 7.89. The third kappa shape index (κ3) is 2.62. The summed E-state index contributed by atoms with van der Waals surface area (Å²) in [6.07, 6.45) is 0.987. The molecule has 1 aromatic rings. The van der Waals surface area contributed by atoms with E-state index in [1.807, 2.05) is 0 Å². The first-order valence-electron chi connectivity index (χ1n) is 5.50. The molecule has 1 heterocycles. The summed E-state index contributed by atoms with van der Waals surface area (Å²) in [5.41, 5.74) is -1.50. The molecular weight excluding hydrogens is 274 g/mol. The van der Waals surface area contributed by atoms with E-state index in [0.29, 0.717) is 0 Å². The van der Waals surface area contributed by atoms with Crippen molar-refractivity contribution >= 4 is 10.0 Å². The molecule has 0 saturated carbocycles. The van der Waals surface area contributed by atoms with Gasteiger partial charge in [0.2, 0.25) is 10.0 Å². The van der Waals surface area contributed by atoms with Gasteiger partial charge in [-0.25, -0.2) is 13.2 Å². The number of rotatable bonds is 4. The standard InChI is InChI=1S/C10H17N3O5S/c1-7(6-14)13(4)19(17,18)8-5-11(2)10(16)12(3)9(8)15/h5,7,14H,6H2,1-4H3. The molecule has 0 radical (unpaired) electrons. The molecule has 0 aliphatic rings. The number of sulfonamides is 1. The van der Waals surface area contributed by atoms with E-state index in [9.17, 15) is 18.0 Å². The second-order valence-corrected chi connectivity index (χ2v) is 6.27. The Hall–Kier alpha value is -1.45. The van der Waals surface area contributed by atoms with E-state index >= 15 is 0 Å². The van der Waals surface area contributed by atoms with Crippen LogP contribution in [0.2, 0.25) is 0 Å². The van der Waals surface area contributed by atoms with Gasteiger partial charge in [-0.05, 0) is 6.92 Å². The molecule has 0 aliphatic heterocycles. The van der Waals surface area contributed by atoms with Crippen LogP contribution in [0.5, 0.6) is 0 Å². The van der Waals surface area contributed by atoms with Gasteiger partial charge in [0, 0.05) is 33.4 Å². The van der Waals surface area contributed by atoms with E-state index in [1.54, 1.807) is 0 Å². The molecule has 1 atom stereocenters. The molecule has 9 heteroatoms. The summed E-state index contributed by atoms with van der Waals surface area (Å²) in [5, 5.41) is 8.99. The van der Waals surface area contributed by atoms with Gasteiger partial charge in [0.25, 0.3) is 5.56 Å². The van der Waals surface area contributed by atoms with Crippen molar-refractivity contribution in [3.8, 4) is 0 Å². The Balaban J connectivity index is 3.56. The lowest BCUT2D eigenvalue weighted by Crippen LogP contribution is -2.44. The highest BCUT2D eigenvalue weighted by atomic mass is 32.2. The summed E-state index contributed by atoms with van der Waals surface area (Å²) in [5.74, 6) is 0. The van der Waals surface area contributed by atoms with Crippen molar-refractivity contribution in [2.45, 2.75) is 17.9 Å². The molecule has 0 spiro atoms. The third-order valence-corrected chi connectivity index (χ3v) is 4.91. The quantitative estimate of drug-likeness (QED) is 0.697. The number of hydrogen-bond acceptors (Lipinski definition) is 5. The van der Waals surface area contributed by atoms with Crippen LogP contribution in [-0.2, 0) is 24.1 Å². The maximum atomic E-state index is 12.3. The highest BCUT2D eigenvalue weighted by Gasteiger charge is 2.29. The summed E-state index contributed by atoms with van der Waals surface area (Å²) in [6.45, 7) is 1.13. The van der Waals surface area contributed by atoms with Crippen LogP contribution in [0.3, 0.4) is 0 Å². The second kappa shape index (κ2) is 5.27. The van der Waals surface area contributed by atoms with Gasteiger partial charge in [-0.1, -0.05) is 0 Å². The summed E-state index contributed by atoms with van der Waals surface area (Å²) in [6, 6.07) is -0.674. The van der Waals surface area contributed by atoms with Crippen molar-refractivity contribution in [1.29, 1.82) is 0 Å². The first-order chi connectivity index (χ1) is 8.64. The number of nitrogens with zero attached hydrogens (tertiary/aromatic N) is 3. The lowest BCUT2D eigenvalue weighted by atomic mass is 10.4. The summed E-state index contributed by atoms with van der Waals surface area (Å²) in [4.78, 5) is 22.9. The molecule has 0 bridgehead atoms. The minimum atomic E-state index is -4.06. The first-order valence-corrected chi connectivity index (χ1v) is 6.94. The van der Waals surface area contributed by atoms with Crippen molar-refractivity contribution in [3.05, 3.63) is 27.0 Å². The molecular formula is C10H17N3O5S. The number of hydrogen-bond donors (Lipinski definition) is 1. The van der Waals surface area contributed by atoms with E-state index in [-0.39, 0.29) is 6.61 Å². The molecule has 0 aliphatic carbocycles. The molecule has 0 saturated heterocycles. The van der Waals surface area contributed by atoms with Crippen LogP contribution >= 0.6 is 0 Å². The van der Waals surface area contributed by atoms with Gasteiger partial charge in [0.05, 0.1) is 6.61 Å². The average Bonchev–Trinajstić information content (AvgIpc) is 2.38. The van der Waals surface area contributed by atoms with Crippen LogP contribution in [-0.4, -0.2) is 46.7 Å². The van der Waals surface area contributed by atoms with Gasteiger partial charge in [0.1, 0.15) is 0 Å². The monoisotopic (exact) mass is 291 g/mol. The fourth-order valence-electron chi connectivity index (χ4n) is 1.46. The van der Waals surface area contributed by atoms with Crippen LogP contribution in [0.4, 0.5) is 0 Å². The summed E-state index contributed by atoms with van der Waals surface area (Å²) < 4.78 is 27.2. The molecule has 1 unspecified atom stereocenters. The number of aryl methyl sites for hydroxylation is 1. The Morgan fingerprint density at radius 3 is 2.37 bits per heavy atom. The fraction of sp³-hybridized carbons (Fsp3) is 0.600. The average molecular weight is 291 g/mol. The van der Waals surface area contributed by atoms with Gasteiger partial charge in [0.15, 0.2) is 4.90 Å². The summed E-state index contributed by atoms with van der Waals surface area (Å²) in [7, 11) is -0.233. The Bertz CT molecular complexity index is 688. The van der Waals surface area contributed by atoms with Crippen LogP contribution < -0.4 is 11.2 Å². The van der Waals surface area contributed by atoms with Gasteiger partial charge in [-0.3, -0.25) is 9.36 Å². The number of aliphatic hydroxyl groups is 1. The third-order valence-electron chi connectivity index (χ3n) is 2.96. The SMILES string of the molecule is CC(CO)N(C)S(=O)(=O)c1cn(C)c(=O)n(C)c1=O. The number of likely N-dealkylation sites (N-methyl/N-ethyl adjacent to an activating group) is 1. The minimum absolute atomic E-state index is 0.373. The summed E-state index contributed by atoms with van der Waals surface area (Å²) >= 11 is 0. The van der Waals surface area contributed by atoms with Crippen molar-refractivity contribution in [1.82, 2.24) is 13.4 Å². The molecule has 0 aromatic carbocycles. The Labute approximate surface area is 110 Å². The molecule has 1 aromatic heterocycles. The topological polar surface area (TPSA) is 102 Å². The first kappa shape index (κ1) is 15.6. The van der Waals surface area contributed by atoms with Crippen LogP contribution in [0, 0.1) is 0 Å². The number of aliphatic hydroxyl groups excluding tert-OH is 1. The van der Waals surface area contributed by atoms with Gasteiger partial charge in [-0.15, -0.1) is 0 Å². The van der Waals surface area contributed by atoms with Crippen LogP contribution in [0.25, 0.3) is 0 Å². The molecule has 108 valence electrons. The van der Waals surface area contributed by atoms with E-state index in [4.69, 9.17) is 5.11 Å². The largest absolute Gasteiger partial charge is 0.395 e. The Kier molecular flexibility index (Phi) is 4.33. The highest BCUT2D eigenvalue weighted by Crippen LogP contribution is 2.11. The Morgan fingerprint density at radius 2 is 1.89 bits per heavy atom. The van der Waals surface area contributed by atoms with Crippen LogP contribution in [0.15, 0.2) is 20.7 Å². The molecule has 0 amide bonds. The minimum Gasteiger partial charge on any atom is -0.395 e. The fourth-order valence-corrected chi connectivity index (χ4v) is 2.96. The lowest BCUT2D eigenvalue weighted by Gasteiger charge is -2.22. The maximum Gasteiger partial charge on any atom is 0.330 e. The normalized spacial score (nSPS) is 13.8. The number of aromatic nitrogens is 2. The van der Waals surface area contributed by atoms with Crippen molar-refractivity contribution in [2.24, 2.45) is 14.1 Å². The van der Waals surface area contributed by atoms with E-state index in [2.05, 4.69) is 0 Å². The molecule has 1 rings (SSSR count). The van der Waals surface area contributed by atoms with E-state index in [1.165, 1.54) is 28.1 Å². The van der Waals surface area contributed by atoms with Crippen molar-refractivity contribution < 1.29 is 13.5 Å². The lowest BCUT2D eigenvalue weighted by molar-refractivity contribution is 0.213. The van der Waals surface area contributed by atoms with Crippen LogP contribution in [0.1, 0.15) is 6.92 Å². The van der Waals surface area contributed by atoms with Gasteiger partial charge < -0.3 is 9.67 Å². The zero-order chi connectivity index (χ0) is 15.0. The molecule has 8 nitrogen and oxygen atoms in total. The molecule has 1 N–H and O–H groups in total. The maximum absolute atomic E-state index is 12.3. The van der Waals surface area contributed by atoms with Gasteiger partial charge in [-0.2, -0.15) is 4.31 Å². The molecule has 19 heavy (non-hydrogen) atoms. The zero-order valence-corrected chi connectivity index (χ0v) is 12.0. The molecule has 0 fully saturated rings. The van der Waals surface area contributed by atoms with Crippen molar-refractivity contribution in [3.63, 3.8) is 0 Å². The van der Waals surface area contributed by atoms with E-state index in [0.717, 1.165) is 19.6 Å². The second-order valence-electron chi connectivity index (χ2n) is 4.30. The smallest absolute Gasteiger partial charge is 0.330 e. The zero-order valence-electron chi connectivity index (χ0n) is 11.2. The van der Waals surface area contributed by atoms with Gasteiger partial charge >= 0.3 is 5.69 Å².